The second-order valence-corrected chi connectivity index (χ2v) is 6.24. The molecule has 1 aromatic heterocycles. The van der Waals surface area contributed by atoms with Gasteiger partial charge in [-0.25, -0.2) is 0 Å². The standard InChI is InChI=1S/C20H24N2O3/c1-24-18-6-8-19(9-7-18)25-15-20(23)22-14-2-3-17(22)5-4-16-10-12-21-13-11-16/h6-13,17H,2-5,14-15H2,1H3/t17-/m0/s1. The van der Waals surface area contributed by atoms with Crippen LogP contribution in [0, 0.1) is 0 Å². The summed E-state index contributed by atoms with van der Waals surface area (Å²) in [5, 5.41) is 0. The largest absolute Gasteiger partial charge is 0.497 e. The van der Waals surface area contributed by atoms with Gasteiger partial charge in [0.25, 0.3) is 5.91 Å². The van der Waals surface area contributed by atoms with E-state index in [-0.39, 0.29) is 12.5 Å². The van der Waals surface area contributed by atoms with Gasteiger partial charge >= 0.3 is 0 Å². The van der Waals surface area contributed by atoms with E-state index in [9.17, 15) is 4.79 Å². The van der Waals surface area contributed by atoms with E-state index in [4.69, 9.17) is 9.47 Å². The predicted molar refractivity (Wildman–Crippen MR) is 95.8 cm³/mol. The Morgan fingerprint density at radius 1 is 1.16 bits per heavy atom. The fraction of sp³-hybridized carbons (Fsp3) is 0.400. The van der Waals surface area contributed by atoms with Crippen LogP contribution in [0.25, 0.3) is 0 Å². The van der Waals surface area contributed by atoms with E-state index in [0.29, 0.717) is 11.8 Å². The summed E-state index contributed by atoms with van der Waals surface area (Å²) in [5.74, 6) is 1.52. The molecule has 0 saturated carbocycles. The Bertz CT molecular complexity index is 673. The second kappa shape index (κ2) is 8.51. The smallest absolute Gasteiger partial charge is 0.260 e. The monoisotopic (exact) mass is 340 g/mol. The van der Waals surface area contributed by atoms with Crippen LogP contribution < -0.4 is 9.47 Å². The summed E-state index contributed by atoms with van der Waals surface area (Å²) in [6, 6.07) is 11.7. The lowest BCUT2D eigenvalue weighted by Crippen LogP contribution is -2.38. The summed E-state index contributed by atoms with van der Waals surface area (Å²) in [4.78, 5) is 18.6. The van der Waals surface area contributed by atoms with E-state index in [2.05, 4.69) is 4.98 Å². The first-order chi connectivity index (χ1) is 12.3. The third-order valence-corrected chi connectivity index (χ3v) is 4.63. The lowest BCUT2D eigenvalue weighted by Gasteiger charge is -2.25. The quantitative estimate of drug-likeness (QED) is 0.777. The van der Waals surface area contributed by atoms with Crippen LogP contribution in [0.4, 0.5) is 0 Å². The molecule has 0 aliphatic carbocycles. The summed E-state index contributed by atoms with van der Waals surface area (Å²) in [6.45, 7) is 0.907. The van der Waals surface area contributed by atoms with Gasteiger partial charge in [0.2, 0.25) is 0 Å². The average molecular weight is 340 g/mol. The van der Waals surface area contributed by atoms with Crippen LogP contribution >= 0.6 is 0 Å². The van der Waals surface area contributed by atoms with E-state index in [0.717, 1.165) is 38.0 Å². The first-order valence-corrected chi connectivity index (χ1v) is 8.71. The number of likely N-dealkylation sites (tertiary alicyclic amines) is 1. The van der Waals surface area contributed by atoms with Gasteiger partial charge in [-0.15, -0.1) is 0 Å². The first kappa shape index (κ1) is 17.3. The third-order valence-electron chi connectivity index (χ3n) is 4.63. The molecule has 1 saturated heterocycles. The predicted octanol–water partition coefficient (Wildman–Crippen LogP) is 3.09. The van der Waals surface area contributed by atoms with Crippen LogP contribution in [0.2, 0.25) is 0 Å². The van der Waals surface area contributed by atoms with Crippen molar-refractivity contribution >= 4 is 5.91 Å². The van der Waals surface area contributed by atoms with E-state index in [1.54, 1.807) is 7.11 Å². The number of hydrogen-bond donors (Lipinski definition) is 0. The van der Waals surface area contributed by atoms with Crippen LogP contribution in [-0.4, -0.2) is 42.1 Å². The topological polar surface area (TPSA) is 51.7 Å². The molecule has 25 heavy (non-hydrogen) atoms. The number of amides is 1. The van der Waals surface area contributed by atoms with Gasteiger partial charge in [-0.3, -0.25) is 9.78 Å². The summed E-state index contributed by atoms with van der Waals surface area (Å²) in [6.07, 6.45) is 7.72. The molecular formula is C20H24N2O3. The molecule has 2 aromatic rings. The fourth-order valence-corrected chi connectivity index (χ4v) is 3.25. The van der Waals surface area contributed by atoms with Gasteiger partial charge in [-0.05, 0) is 67.6 Å². The van der Waals surface area contributed by atoms with Gasteiger partial charge in [-0.1, -0.05) is 0 Å². The normalized spacial score (nSPS) is 16.7. The van der Waals surface area contributed by atoms with Gasteiger partial charge in [0.1, 0.15) is 11.5 Å². The van der Waals surface area contributed by atoms with Crippen molar-refractivity contribution in [2.45, 2.75) is 31.7 Å². The molecule has 1 fully saturated rings. The molecule has 0 spiro atoms. The van der Waals surface area contributed by atoms with E-state index >= 15 is 0 Å². The first-order valence-electron chi connectivity index (χ1n) is 8.71. The number of rotatable bonds is 7. The highest BCUT2D eigenvalue weighted by Crippen LogP contribution is 2.23. The zero-order chi connectivity index (χ0) is 17.5. The number of hydrogen-bond acceptors (Lipinski definition) is 4. The Kier molecular flexibility index (Phi) is 5.88. The van der Waals surface area contributed by atoms with Crippen molar-refractivity contribution in [2.75, 3.05) is 20.3 Å². The van der Waals surface area contributed by atoms with Crippen molar-refractivity contribution in [3.63, 3.8) is 0 Å². The summed E-state index contributed by atoms with van der Waals surface area (Å²) >= 11 is 0. The maximum atomic E-state index is 12.5. The maximum absolute atomic E-state index is 12.5. The Morgan fingerprint density at radius 3 is 2.60 bits per heavy atom. The lowest BCUT2D eigenvalue weighted by atomic mass is 10.0. The fourth-order valence-electron chi connectivity index (χ4n) is 3.25. The highest BCUT2D eigenvalue weighted by Gasteiger charge is 2.28. The number of carbonyl (C=O) groups excluding carboxylic acids is 1. The van der Waals surface area contributed by atoms with Crippen LogP contribution in [0.5, 0.6) is 11.5 Å². The lowest BCUT2D eigenvalue weighted by molar-refractivity contribution is -0.134. The van der Waals surface area contributed by atoms with Crippen molar-refractivity contribution in [2.24, 2.45) is 0 Å². The molecule has 2 heterocycles. The van der Waals surface area contributed by atoms with Gasteiger partial charge < -0.3 is 14.4 Å². The van der Waals surface area contributed by atoms with Gasteiger partial charge in [0.15, 0.2) is 6.61 Å². The van der Waals surface area contributed by atoms with E-state index in [1.807, 2.05) is 53.7 Å². The number of ether oxygens (including phenoxy) is 2. The van der Waals surface area contributed by atoms with Crippen molar-refractivity contribution in [1.82, 2.24) is 9.88 Å². The molecular weight excluding hydrogens is 316 g/mol. The summed E-state index contributed by atoms with van der Waals surface area (Å²) in [5.41, 5.74) is 1.27. The minimum atomic E-state index is 0.0630. The molecule has 5 nitrogen and oxygen atoms in total. The minimum Gasteiger partial charge on any atom is -0.497 e. The molecule has 5 heteroatoms. The van der Waals surface area contributed by atoms with Gasteiger partial charge in [0.05, 0.1) is 7.11 Å². The van der Waals surface area contributed by atoms with Crippen molar-refractivity contribution in [3.05, 3.63) is 54.4 Å². The van der Waals surface area contributed by atoms with Gasteiger partial charge in [0, 0.05) is 25.0 Å². The molecule has 1 amide bonds. The van der Waals surface area contributed by atoms with Crippen LogP contribution in [0.3, 0.4) is 0 Å². The van der Waals surface area contributed by atoms with Crippen molar-refractivity contribution in [3.8, 4) is 11.5 Å². The highest BCUT2D eigenvalue weighted by atomic mass is 16.5. The number of pyridine rings is 1. The zero-order valence-corrected chi connectivity index (χ0v) is 14.6. The molecule has 0 N–H and O–H groups in total. The minimum absolute atomic E-state index is 0.0630. The Balaban J connectivity index is 1.49. The SMILES string of the molecule is COc1ccc(OCC(=O)N2CCC[C@H]2CCc2ccncc2)cc1. The number of carbonyl (C=O) groups is 1. The number of nitrogens with zero attached hydrogens (tertiary/aromatic N) is 2. The van der Waals surface area contributed by atoms with E-state index in [1.165, 1.54) is 5.56 Å². The summed E-state index contributed by atoms with van der Waals surface area (Å²) in [7, 11) is 1.62. The number of methoxy groups -OCH3 is 1. The van der Waals surface area contributed by atoms with Crippen molar-refractivity contribution in [1.29, 1.82) is 0 Å². The van der Waals surface area contributed by atoms with Crippen LogP contribution in [0.15, 0.2) is 48.8 Å². The number of aromatic nitrogens is 1. The molecule has 1 atom stereocenters. The Hall–Kier alpha value is -2.56. The maximum Gasteiger partial charge on any atom is 0.260 e. The molecule has 0 bridgehead atoms. The van der Waals surface area contributed by atoms with Crippen LogP contribution in [-0.2, 0) is 11.2 Å². The second-order valence-electron chi connectivity index (χ2n) is 6.24. The average Bonchev–Trinajstić information content (AvgIpc) is 3.14. The molecule has 3 rings (SSSR count). The zero-order valence-electron chi connectivity index (χ0n) is 14.6. The number of aryl methyl sites for hydroxylation is 1. The summed E-state index contributed by atoms with van der Waals surface area (Å²) < 4.78 is 10.8. The van der Waals surface area contributed by atoms with Crippen LogP contribution in [0.1, 0.15) is 24.8 Å². The van der Waals surface area contributed by atoms with Crippen molar-refractivity contribution < 1.29 is 14.3 Å². The van der Waals surface area contributed by atoms with Gasteiger partial charge in [-0.2, -0.15) is 0 Å². The Labute approximate surface area is 148 Å². The molecule has 1 aliphatic heterocycles. The Morgan fingerprint density at radius 2 is 1.88 bits per heavy atom. The molecule has 1 aliphatic rings. The molecule has 1 aromatic carbocycles. The van der Waals surface area contributed by atoms with E-state index < -0.39 is 0 Å². The highest BCUT2D eigenvalue weighted by molar-refractivity contribution is 5.78. The molecule has 132 valence electrons. The molecule has 0 radical (unpaired) electrons. The molecule has 0 unspecified atom stereocenters. The third kappa shape index (κ3) is 4.72. The number of benzene rings is 1.